The number of amides is 2. The summed E-state index contributed by atoms with van der Waals surface area (Å²) in [6.45, 7) is 0. The zero-order valence-electron chi connectivity index (χ0n) is 13.6. The first-order valence-electron chi connectivity index (χ1n) is 8.11. The minimum absolute atomic E-state index is 0.00377. The van der Waals surface area contributed by atoms with Gasteiger partial charge in [-0.3, -0.25) is 9.59 Å². The van der Waals surface area contributed by atoms with Crippen LogP contribution >= 0.6 is 0 Å². The molecule has 1 atom stereocenters. The van der Waals surface area contributed by atoms with Gasteiger partial charge in [0.2, 0.25) is 11.8 Å². The lowest BCUT2D eigenvalue weighted by atomic mass is 10.1. The Labute approximate surface area is 148 Å². The van der Waals surface area contributed by atoms with Crippen LogP contribution < -0.4 is 10.6 Å². The van der Waals surface area contributed by atoms with Gasteiger partial charge in [0.25, 0.3) is 0 Å². The summed E-state index contributed by atoms with van der Waals surface area (Å²) < 4.78 is 14.7. The number of nitrogens with zero attached hydrogens (tertiary/aromatic N) is 2. The number of hydrogen-bond acceptors (Lipinski definition) is 3. The van der Waals surface area contributed by atoms with E-state index in [4.69, 9.17) is 0 Å². The van der Waals surface area contributed by atoms with Crippen LogP contribution in [0.1, 0.15) is 12.5 Å². The highest BCUT2D eigenvalue weighted by atomic mass is 19.1. The molecule has 3 aromatic rings. The van der Waals surface area contributed by atoms with E-state index in [1.54, 1.807) is 30.5 Å². The topological polar surface area (TPSA) is 76.0 Å². The number of halogens is 1. The molecule has 0 fully saturated rings. The van der Waals surface area contributed by atoms with E-state index in [1.165, 1.54) is 16.8 Å². The zero-order valence-corrected chi connectivity index (χ0v) is 13.6. The molecular formula is C19H15FN4O2. The maximum Gasteiger partial charge on any atom is 0.249 e. The fourth-order valence-corrected chi connectivity index (χ4v) is 2.96. The van der Waals surface area contributed by atoms with Crippen LogP contribution in [0.25, 0.3) is 11.1 Å². The summed E-state index contributed by atoms with van der Waals surface area (Å²) in [5.41, 5.74) is 1.99. The Morgan fingerprint density at radius 2 is 1.88 bits per heavy atom. The van der Waals surface area contributed by atoms with Crippen LogP contribution in [-0.2, 0) is 9.59 Å². The van der Waals surface area contributed by atoms with E-state index >= 15 is 0 Å². The Bertz CT molecular complexity index is 967. The normalized spacial score (nSPS) is 15.9. The van der Waals surface area contributed by atoms with Crippen molar-refractivity contribution in [2.45, 2.75) is 12.5 Å². The number of nitrogens with one attached hydrogen (secondary N) is 2. The third-order valence-electron chi connectivity index (χ3n) is 4.23. The van der Waals surface area contributed by atoms with E-state index < -0.39 is 6.04 Å². The van der Waals surface area contributed by atoms with Gasteiger partial charge >= 0.3 is 0 Å². The lowest BCUT2D eigenvalue weighted by Gasteiger charge is -2.24. The van der Waals surface area contributed by atoms with Gasteiger partial charge < -0.3 is 10.6 Å². The van der Waals surface area contributed by atoms with E-state index in [0.717, 1.165) is 0 Å². The predicted molar refractivity (Wildman–Crippen MR) is 95.0 cm³/mol. The number of anilines is 2. The summed E-state index contributed by atoms with van der Waals surface area (Å²) in [6.07, 6.45) is 1.56. The Morgan fingerprint density at radius 3 is 2.62 bits per heavy atom. The molecule has 130 valence electrons. The van der Waals surface area contributed by atoms with E-state index in [-0.39, 0.29) is 24.1 Å². The number of rotatable bonds is 3. The van der Waals surface area contributed by atoms with Crippen molar-refractivity contribution >= 4 is 23.3 Å². The molecule has 1 aliphatic heterocycles. The summed E-state index contributed by atoms with van der Waals surface area (Å²) in [5.74, 6) is -0.504. The minimum Gasteiger partial charge on any atom is -0.324 e. The Hall–Kier alpha value is -3.48. The highest BCUT2D eigenvalue weighted by molar-refractivity contribution is 6.03. The Balaban J connectivity index is 1.67. The van der Waals surface area contributed by atoms with Crippen molar-refractivity contribution in [2.24, 2.45) is 0 Å². The lowest BCUT2D eigenvalue weighted by Crippen LogP contribution is -2.35. The second kappa shape index (κ2) is 6.44. The summed E-state index contributed by atoms with van der Waals surface area (Å²) in [6, 6.07) is 14.2. The molecule has 0 spiro atoms. The SMILES string of the molecule is O=C1C[C@@H](C(=O)Nc2ccccc2)n2ncc(-c3ccc(F)cc3)c2N1. The molecular weight excluding hydrogens is 335 g/mol. The molecule has 4 rings (SSSR count). The standard InChI is InChI=1S/C19H15FN4O2/c20-13-8-6-12(7-9-13)15-11-21-24-16(10-17(25)23-18(15)24)19(26)22-14-4-2-1-3-5-14/h1-9,11,16H,10H2,(H,22,26)(H,23,25)/t16-/m0/s1. The van der Waals surface area contributed by atoms with Crippen molar-refractivity contribution < 1.29 is 14.0 Å². The first kappa shape index (κ1) is 16.0. The van der Waals surface area contributed by atoms with E-state index in [2.05, 4.69) is 15.7 Å². The highest BCUT2D eigenvalue weighted by Crippen LogP contribution is 2.34. The van der Waals surface area contributed by atoms with Crippen LogP contribution in [-0.4, -0.2) is 21.6 Å². The number of carbonyl (C=O) groups is 2. The zero-order chi connectivity index (χ0) is 18.1. The summed E-state index contributed by atoms with van der Waals surface area (Å²) >= 11 is 0. The molecule has 0 radical (unpaired) electrons. The number of fused-ring (bicyclic) bond motifs is 1. The molecule has 0 saturated carbocycles. The van der Waals surface area contributed by atoms with Gasteiger partial charge in [0.05, 0.1) is 12.6 Å². The van der Waals surface area contributed by atoms with Crippen LogP contribution in [0.5, 0.6) is 0 Å². The molecule has 6 nitrogen and oxygen atoms in total. The van der Waals surface area contributed by atoms with Gasteiger partial charge in [-0.15, -0.1) is 0 Å². The van der Waals surface area contributed by atoms with Crippen LogP contribution in [0.3, 0.4) is 0 Å². The van der Waals surface area contributed by atoms with Crippen LogP contribution in [0, 0.1) is 5.82 Å². The third-order valence-corrected chi connectivity index (χ3v) is 4.23. The quantitative estimate of drug-likeness (QED) is 0.762. The molecule has 1 aromatic heterocycles. The fourth-order valence-electron chi connectivity index (χ4n) is 2.96. The van der Waals surface area contributed by atoms with Gasteiger partial charge in [-0.05, 0) is 29.8 Å². The third kappa shape index (κ3) is 2.95. The molecule has 0 bridgehead atoms. The largest absolute Gasteiger partial charge is 0.324 e. The number of aromatic nitrogens is 2. The molecule has 0 aliphatic carbocycles. The second-order valence-electron chi connectivity index (χ2n) is 5.98. The van der Waals surface area contributed by atoms with Crippen LogP contribution in [0.2, 0.25) is 0 Å². The fraction of sp³-hybridized carbons (Fsp3) is 0.105. The van der Waals surface area contributed by atoms with Gasteiger partial charge in [-0.2, -0.15) is 5.10 Å². The molecule has 26 heavy (non-hydrogen) atoms. The Kier molecular flexibility index (Phi) is 3.96. The maximum atomic E-state index is 13.2. The summed E-state index contributed by atoms with van der Waals surface area (Å²) in [5, 5.41) is 9.84. The summed E-state index contributed by atoms with van der Waals surface area (Å²) in [4.78, 5) is 24.8. The maximum absolute atomic E-state index is 13.2. The van der Waals surface area contributed by atoms with Gasteiger partial charge in [0.15, 0.2) is 0 Å². The number of benzene rings is 2. The van der Waals surface area contributed by atoms with Gasteiger partial charge in [-0.25, -0.2) is 9.07 Å². The monoisotopic (exact) mass is 350 g/mol. The molecule has 7 heteroatoms. The van der Waals surface area contributed by atoms with Gasteiger partial charge in [0, 0.05) is 11.3 Å². The average Bonchev–Trinajstić information content (AvgIpc) is 3.06. The molecule has 2 N–H and O–H groups in total. The average molecular weight is 350 g/mol. The van der Waals surface area contributed by atoms with Crippen molar-refractivity contribution in [3.8, 4) is 11.1 Å². The van der Waals surface area contributed by atoms with E-state index in [0.29, 0.717) is 22.6 Å². The van der Waals surface area contributed by atoms with Gasteiger partial charge in [-0.1, -0.05) is 30.3 Å². The summed E-state index contributed by atoms with van der Waals surface area (Å²) in [7, 11) is 0. The number of para-hydroxylation sites is 1. The van der Waals surface area contributed by atoms with Crippen molar-refractivity contribution in [3.05, 3.63) is 66.6 Å². The first-order valence-corrected chi connectivity index (χ1v) is 8.11. The molecule has 1 aliphatic rings. The number of carbonyl (C=O) groups excluding carboxylic acids is 2. The van der Waals surface area contributed by atoms with Crippen LogP contribution in [0.15, 0.2) is 60.8 Å². The van der Waals surface area contributed by atoms with Gasteiger partial charge in [0.1, 0.15) is 17.7 Å². The van der Waals surface area contributed by atoms with E-state index in [1.807, 2.05) is 18.2 Å². The number of hydrogen-bond donors (Lipinski definition) is 2. The molecule has 2 heterocycles. The molecule has 2 amide bonds. The Morgan fingerprint density at radius 1 is 1.15 bits per heavy atom. The van der Waals surface area contributed by atoms with E-state index in [9.17, 15) is 14.0 Å². The highest BCUT2D eigenvalue weighted by Gasteiger charge is 2.33. The van der Waals surface area contributed by atoms with Crippen molar-refractivity contribution in [3.63, 3.8) is 0 Å². The minimum atomic E-state index is -0.756. The molecule has 0 unspecified atom stereocenters. The molecule has 0 saturated heterocycles. The van der Waals surface area contributed by atoms with Crippen molar-refractivity contribution in [1.82, 2.24) is 9.78 Å². The van der Waals surface area contributed by atoms with Crippen molar-refractivity contribution in [1.29, 1.82) is 0 Å². The second-order valence-corrected chi connectivity index (χ2v) is 5.98. The predicted octanol–water partition coefficient (Wildman–Crippen LogP) is 3.21. The lowest BCUT2D eigenvalue weighted by molar-refractivity contribution is -0.125. The van der Waals surface area contributed by atoms with Crippen LogP contribution in [0.4, 0.5) is 15.9 Å². The van der Waals surface area contributed by atoms with Crippen molar-refractivity contribution in [2.75, 3.05) is 10.6 Å². The molecule has 2 aromatic carbocycles. The smallest absolute Gasteiger partial charge is 0.249 e. The first-order chi connectivity index (χ1) is 12.6.